The van der Waals surface area contributed by atoms with E-state index in [1.165, 1.54) is 24.1 Å². The number of aryl methyl sites for hydroxylation is 1. The van der Waals surface area contributed by atoms with Crippen LogP contribution in [0.3, 0.4) is 0 Å². The summed E-state index contributed by atoms with van der Waals surface area (Å²) >= 11 is 0. The molecule has 1 aliphatic carbocycles. The summed E-state index contributed by atoms with van der Waals surface area (Å²) in [5.41, 5.74) is 4.66. The van der Waals surface area contributed by atoms with Gasteiger partial charge in [0.05, 0.1) is 0 Å². The van der Waals surface area contributed by atoms with Crippen molar-refractivity contribution in [1.82, 2.24) is 4.57 Å². The highest BCUT2D eigenvalue weighted by molar-refractivity contribution is 5.88. The van der Waals surface area contributed by atoms with E-state index >= 15 is 0 Å². The Bertz CT molecular complexity index is 943. The Hall–Kier alpha value is -2.75. The molecule has 0 bridgehead atoms. The molecule has 0 radical (unpaired) electrons. The molecule has 0 aliphatic heterocycles. The van der Waals surface area contributed by atoms with E-state index in [9.17, 15) is 9.90 Å². The fourth-order valence-electron chi connectivity index (χ4n) is 4.12. The third kappa shape index (κ3) is 3.85. The van der Waals surface area contributed by atoms with Crippen LogP contribution >= 0.6 is 0 Å². The van der Waals surface area contributed by atoms with Crippen LogP contribution in [0.15, 0.2) is 48.5 Å². The van der Waals surface area contributed by atoms with Crippen molar-refractivity contribution in [2.75, 3.05) is 0 Å². The van der Waals surface area contributed by atoms with E-state index in [4.69, 9.17) is 4.74 Å². The maximum Gasteiger partial charge on any atom is 0.323 e. The lowest BCUT2D eigenvalue weighted by molar-refractivity contribution is -0.137. The van der Waals surface area contributed by atoms with Gasteiger partial charge in [-0.1, -0.05) is 43.2 Å². The lowest BCUT2D eigenvalue weighted by atomic mass is 9.96. The monoisotopic (exact) mass is 363 g/mol. The molecule has 140 valence electrons. The highest BCUT2D eigenvalue weighted by Crippen LogP contribution is 2.33. The summed E-state index contributed by atoms with van der Waals surface area (Å²) in [6.45, 7) is 0.556. The molecule has 1 aliphatic rings. The van der Waals surface area contributed by atoms with Gasteiger partial charge in [0.25, 0.3) is 0 Å². The Morgan fingerprint density at radius 2 is 1.78 bits per heavy atom. The van der Waals surface area contributed by atoms with Crippen LogP contribution in [0.2, 0.25) is 0 Å². The summed E-state index contributed by atoms with van der Waals surface area (Å²) in [6, 6.07) is 16.2. The molecule has 0 saturated heterocycles. The van der Waals surface area contributed by atoms with Crippen LogP contribution in [0.1, 0.15) is 42.5 Å². The number of benzene rings is 2. The van der Waals surface area contributed by atoms with Crippen molar-refractivity contribution in [2.24, 2.45) is 0 Å². The number of carboxylic acid groups (broad SMARTS) is 1. The first-order valence-electron chi connectivity index (χ1n) is 9.75. The fourth-order valence-corrected chi connectivity index (χ4v) is 4.12. The van der Waals surface area contributed by atoms with Gasteiger partial charge in [-0.2, -0.15) is 0 Å². The van der Waals surface area contributed by atoms with Gasteiger partial charge in [-0.05, 0) is 55.0 Å². The third-order valence-electron chi connectivity index (χ3n) is 5.39. The van der Waals surface area contributed by atoms with Gasteiger partial charge in [-0.25, -0.2) is 0 Å². The topological polar surface area (TPSA) is 51.5 Å². The molecule has 0 atom stereocenters. The number of fused-ring (bicyclic) bond motifs is 3. The second-order valence-electron chi connectivity index (χ2n) is 7.27. The van der Waals surface area contributed by atoms with Crippen LogP contribution in [-0.2, 0) is 30.8 Å². The first-order chi connectivity index (χ1) is 13.2. The van der Waals surface area contributed by atoms with Gasteiger partial charge >= 0.3 is 5.97 Å². The molecular formula is C23H25NO3. The number of rotatable bonds is 5. The molecule has 0 fully saturated rings. The minimum atomic E-state index is -0.791. The van der Waals surface area contributed by atoms with E-state index in [1.54, 1.807) is 0 Å². The molecule has 0 saturated carbocycles. The van der Waals surface area contributed by atoms with Crippen LogP contribution in [0.25, 0.3) is 10.9 Å². The zero-order valence-corrected chi connectivity index (χ0v) is 15.5. The van der Waals surface area contributed by atoms with Crippen LogP contribution in [0.5, 0.6) is 5.75 Å². The molecule has 4 heteroatoms. The van der Waals surface area contributed by atoms with Gasteiger partial charge in [-0.15, -0.1) is 0 Å². The number of carboxylic acids is 1. The molecule has 1 N–H and O–H groups in total. The highest BCUT2D eigenvalue weighted by atomic mass is 16.5. The van der Waals surface area contributed by atoms with Gasteiger partial charge in [0.2, 0.25) is 0 Å². The summed E-state index contributed by atoms with van der Waals surface area (Å²) in [5, 5.41) is 10.5. The van der Waals surface area contributed by atoms with Gasteiger partial charge < -0.3 is 14.4 Å². The van der Waals surface area contributed by atoms with E-state index < -0.39 is 5.97 Å². The summed E-state index contributed by atoms with van der Waals surface area (Å²) in [6.07, 6.45) is 6.72. The predicted octanol–water partition coefficient (Wildman–Crippen LogP) is 4.96. The van der Waals surface area contributed by atoms with Crippen LogP contribution in [-0.4, -0.2) is 15.6 Å². The molecule has 2 aromatic carbocycles. The zero-order chi connectivity index (χ0) is 18.6. The average Bonchev–Trinajstić information content (AvgIpc) is 2.91. The van der Waals surface area contributed by atoms with Gasteiger partial charge in [0.15, 0.2) is 0 Å². The summed E-state index contributed by atoms with van der Waals surface area (Å²) in [7, 11) is 0. The first-order valence-corrected chi connectivity index (χ1v) is 9.75. The summed E-state index contributed by atoms with van der Waals surface area (Å²) in [4.78, 5) is 11.4. The van der Waals surface area contributed by atoms with Crippen molar-refractivity contribution in [3.8, 4) is 5.75 Å². The molecule has 3 aromatic rings. The van der Waals surface area contributed by atoms with E-state index in [0.29, 0.717) is 6.61 Å². The van der Waals surface area contributed by atoms with Gasteiger partial charge in [0.1, 0.15) is 18.9 Å². The van der Waals surface area contributed by atoms with Gasteiger partial charge in [-0.3, -0.25) is 4.79 Å². The van der Waals surface area contributed by atoms with E-state index in [-0.39, 0.29) is 6.54 Å². The molecule has 1 aromatic heterocycles. The molecule has 27 heavy (non-hydrogen) atoms. The Balaban J connectivity index is 1.71. The molecular weight excluding hydrogens is 338 g/mol. The second kappa shape index (κ2) is 7.87. The molecule has 0 amide bonds. The van der Waals surface area contributed by atoms with Crippen LogP contribution in [0.4, 0.5) is 0 Å². The fraction of sp³-hybridized carbons (Fsp3) is 0.348. The Morgan fingerprint density at radius 3 is 2.56 bits per heavy atom. The van der Waals surface area contributed by atoms with E-state index in [0.717, 1.165) is 47.9 Å². The second-order valence-corrected chi connectivity index (χ2v) is 7.27. The van der Waals surface area contributed by atoms with Crippen molar-refractivity contribution in [3.63, 3.8) is 0 Å². The first kappa shape index (κ1) is 17.7. The standard InChI is InChI=1S/C23H25NO3/c25-23(26)15-24-21-11-7-2-1-6-10-19(21)20-14-18(12-13-22(20)24)27-16-17-8-4-3-5-9-17/h3-5,8-9,12-14H,1-2,6-7,10-11,15-16H2,(H,25,26). The van der Waals surface area contributed by atoms with Gasteiger partial charge in [0, 0.05) is 16.6 Å². The highest BCUT2D eigenvalue weighted by Gasteiger charge is 2.20. The minimum Gasteiger partial charge on any atom is -0.489 e. The lowest BCUT2D eigenvalue weighted by Crippen LogP contribution is -2.13. The van der Waals surface area contributed by atoms with Crippen molar-refractivity contribution < 1.29 is 14.6 Å². The number of hydrogen-bond acceptors (Lipinski definition) is 2. The Kier molecular flexibility index (Phi) is 5.14. The zero-order valence-electron chi connectivity index (χ0n) is 15.5. The Labute approximate surface area is 159 Å². The average molecular weight is 363 g/mol. The minimum absolute atomic E-state index is 0.0239. The van der Waals surface area contributed by atoms with Crippen molar-refractivity contribution >= 4 is 16.9 Å². The van der Waals surface area contributed by atoms with Crippen molar-refractivity contribution in [2.45, 2.75) is 51.7 Å². The number of aliphatic carboxylic acids is 1. The maximum absolute atomic E-state index is 11.4. The summed E-state index contributed by atoms with van der Waals surface area (Å²) < 4.78 is 8.01. The van der Waals surface area contributed by atoms with E-state index in [2.05, 4.69) is 18.2 Å². The predicted molar refractivity (Wildman–Crippen MR) is 106 cm³/mol. The number of aromatic nitrogens is 1. The SMILES string of the molecule is O=C(O)Cn1c2c(c3cc(OCc4ccccc4)ccc31)CCCCCC2. The van der Waals surface area contributed by atoms with Crippen LogP contribution < -0.4 is 4.74 Å². The van der Waals surface area contributed by atoms with Crippen molar-refractivity contribution in [1.29, 1.82) is 0 Å². The normalized spacial score (nSPS) is 14.4. The van der Waals surface area contributed by atoms with Crippen molar-refractivity contribution in [3.05, 3.63) is 65.4 Å². The molecule has 0 unspecified atom stereocenters. The molecule has 0 spiro atoms. The van der Waals surface area contributed by atoms with E-state index in [1.807, 2.05) is 34.9 Å². The smallest absolute Gasteiger partial charge is 0.323 e. The quantitative estimate of drug-likeness (QED) is 0.697. The third-order valence-corrected chi connectivity index (χ3v) is 5.39. The number of nitrogens with zero attached hydrogens (tertiary/aromatic N) is 1. The molecule has 1 heterocycles. The molecule has 4 rings (SSSR count). The Morgan fingerprint density at radius 1 is 1.00 bits per heavy atom. The number of ether oxygens (including phenoxy) is 1. The largest absolute Gasteiger partial charge is 0.489 e. The van der Waals surface area contributed by atoms with Crippen LogP contribution in [0, 0.1) is 0 Å². The maximum atomic E-state index is 11.4. The number of hydrogen-bond donors (Lipinski definition) is 1. The summed E-state index contributed by atoms with van der Waals surface area (Å²) in [5.74, 6) is 0.0462. The lowest BCUT2D eigenvalue weighted by Gasteiger charge is -2.13. The molecule has 4 nitrogen and oxygen atoms in total. The number of carbonyl (C=O) groups is 1.